The number of nitrogens with one attached hydrogen (secondary N) is 1. The number of halogens is 1. The molecule has 0 saturated heterocycles. The van der Waals surface area contributed by atoms with Crippen molar-refractivity contribution < 1.29 is 4.79 Å². The summed E-state index contributed by atoms with van der Waals surface area (Å²) in [4.78, 5) is 13.5. The summed E-state index contributed by atoms with van der Waals surface area (Å²) in [5.41, 5.74) is 1.89. The lowest BCUT2D eigenvalue weighted by atomic mass is 10.1. The van der Waals surface area contributed by atoms with Crippen molar-refractivity contribution >= 4 is 35.0 Å². The Morgan fingerprint density at radius 2 is 2.08 bits per heavy atom. The first-order valence-corrected chi connectivity index (χ1v) is 8.66. The van der Waals surface area contributed by atoms with Crippen molar-refractivity contribution in [3.63, 3.8) is 0 Å². The number of benzene rings is 2. The Balaban J connectivity index is 1.86. The molecule has 0 radical (unpaired) electrons. The van der Waals surface area contributed by atoms with E-state index in [0.29, 0.717) is 22.1 Å². The summed E-state index contributed by atoms with van der Waals surface area (Å²) in [5, 5.41) is 14.7. The number of thioether (sulfide) groups is 1. The molecular weight excluding hydrogens is 346 g/mol. The lowest BCUT2D eigenvalue weighted by molar-refractivity contribution is 0.102. The smallest absolute Gasteiger partial charge is 0.257 e. The van der Waals surface area contributed by atoms with Crippen LogP contribution in [0.2, 0.25) is 5.02 Å². The predicted octanol–water partition coefficient (Wildman–Crippen LogP) is 3.50. The number of anilines is 1. The molecule has 0 atom stereocenters. The maximum Gasteiger partial charge on any atom is 0.257 e. The Bertz CT molecular complexity index is 896. The van der Waals surface area contributed by atoms with Crippen LogP contribution in [0, 0.1) is 0 Å². The Hall–Kier alpha value is -2.38. The summed E-state index contributed by atoms with van der Waals surface area (Å²) in [7, 11) is 1.76. The maximum absolute atomic E-state index is 12.5. The molecule has 1 amide bonds. The van der Waals surface area contributed by atoms with Crippen molar-refractivity contribution in [2.75, 3.05) is 11.6 Å². The van der Waals surface area contributed by atoms with Crippen molar-refractivity contribution in [2.45, 2.75) is 4.90 Å². The minimum Gasteiger partial charge on any atom is -0.322 e. The minimum atomic E-state index is -0.260. The quantitative estimate of drug-likeness (QED) is 0.722. The molecule has 122 valence electrons. The highest BCUT2D eigenvalue weighted by atomic mass is 35.5. The summed E-state index contributed by atoms with van der Waals surface area (Å²) in [6, 6.07) is 12.7. The third-order valence-corrected chi connectivity index (χ3v) is 4.47. The molecule has 2 aromatic carbocycles. The SMILES string of the molecule is CSc1ccc(Cl)c(C(=O)Nc2cccc(-c3nnnn3C)c2)c1. The van der Waals surface area contributed by atoms with Gasteiger partial charge in [0.1, 0.15) is 0 Å². The van der Waals surface area contributed by atoms with E-state index >= 15 is 0 Å². The van der Waals surface area contributed by atoms with Crippen LogP contribution in [-0.2, 0) is 7.05 Å². The summed E-state index contributed by atoms with van der Waals surface area (Å²) in [5.74, 6) is 0.359. The van der Waals surface area contributed by atoms with Crippen molar-refractivity contribution in [3.8, 4) is 11.4 Å². The molecule has 0 aliphatic carbocycles. The van der Waals surface area contributed by atoms with Gasteiger partial charge in [0.25, 0.3) is 5.91 Å². The summed E-state index contributed by atoms with van der Waals surface area (Å²) < 4.78 is 1.57. The van der Waals surface area contributed by atoms with E-state index in [0.717, 1.165) is 10.5 Å². The highest BCUT2D eigenvalue weighted by Crippen LogP contribution is 2.25. The average Bonchev–Trinajstić information content (AvgIpc) is 3.01. The number of carbonyl (C=O) groups is 1. The molecule has 6 nitrogen and oxygen atoms in total. The molecule has 24 heavy (non-hydrogen) atoms. The fourth-order valence-corrected chi connectivity index (χ4v) is 2.86. The van der Waals surface area contributed by atoms with Crippen molar-refractivity contribution in [3.05, 3.63) is 53.1 Å². The Morgan fingerprint density at radius 3 is 2.79 bits per heavy atom. The first-order chi connectivity index (χ1) is 11.6. The van der Waals surface area contributed by atoms with Crippen LogP contribution in [0.25, 0.3) is 11.4 Å². The lowest BCUT2D eigenvalue weighted by Crippen LogP contribution is -2.12. The number of hydrogen-bond donors (Lipinski definition) is 1. The second-order valence-electron chi connectivity index (χ2n) is 5.01. The van der Waals surface area contributed by atoms with Gasteiger partial charge >= 0.3 is 0 Å². The van der Waals surface area contributed by atoms with E-state index in [2.05, 4.69) is 20.8 Å². The second-order valence-corrected chi connectivity index (χ2v) is 6.29. The van der Waals surface area contributed by atoms with E-state index in [9.17, 15) is 4.79 Å². The highest BCUT2D eigenvalue weighted by Gasteiger charge is 2.13. The van der Waals surface area contributed by atoms with Crippen LogP contribution >= 0.6 is 23.4 Å². The van der Waals surface area contributed by atoms with Crippen molar-refractivity contribution in [2.24, 2.45) is 7.05 Å². The largest absolute Gasteiger partial charge is 0.322 e. The molecule has 0 fully saturated rings. The number of aryl methyl sites for hydroxylation is 1. The fourth-order valence-electron chi connectivity index (χ4n) is 2.21. The van der Waals surface area contributed by atoms with E-state index in [1.807, 2.05) is 30.5 Å². The van der Waals surface area contributed by atoms with Gasteiger partial charge in [-0.2, -0.15) is 0 Å². The van der Waals surface area contributed by atoms with E-state index in [-0.39, 0.29) is 5.91 Å². The molecule has 8 heteroatoms. The van der Waals surface area contributed by atoms with Gasteiger partial charge in [-0.25, -0.2) is 4.68 Å². The van der Waals surface area contributed by atoms with Gasteiger partial charge in [-0.1, -0.05) is 23.7 Å². The van der Waals surface area contributed by atoms with Crippen LogP contribution in [0.3, 0.4) is 0 Å². The van der Waals surface area contributed by atoms with Crippen LogP contribution in [-0.4, -0.2) is 32.4 Å². The minimum absolute atomic E-state index is 0.260. The Labute approximate surface area is 148 Å². The number of nitrogens with zero attached hydrogens (tertiary/aromatic N) is 4. The molecule has 0 spiro atoms. The molecule has 1 N–H and O–H groups in total. The summed E-state index contributed by atoms with van der Waals surface area (Å²) >= 11 is 7.70. The van der Waals surface area contributed by atoms with Crippen LogP contribution in [0.15, 0.2) is 47.4 Å². The maximum atomic E-state index is 12.5. The number of hydrogen-bond acceptors (Lipinski definition) is 5. The van der Waals surface area contributed by atoms with E-state index in [1.165, 1.54) is 0 Å². The summed E-state index contributed by atoms with van der Waals surface area (Å²) in [6.45, 7) is 0. The van der Waals surface area contributed by atoms with Gasteiger partial charge in [-0.05, 0) is 47.0 Å². The first-order valence-electron chi connectivity index (χ1n) is 7.06. The van der Waals surface area contributed by atoms with Gasteiger partial charge in [-0.3, -0.25) is 4.79 Å². The third kappa shape index (κ3) is 3.42. The highest BCUT2D eigenvalue weighted by molar-refractivity contribution is 7.98. The number of carbonyl (C=O) groups excluding carboxylic acids is 1. The van der Waals surface area contributed by atoms with Crippen LogP contribution in [0.5, 0.6) is 0 Å². The molecule has 0 unspecified atom stereocenters. The van der Waals surface area contributed by atoms with Crippen LogP contribution in [0.4, 0.5) is 5.69 Å². The van der Waals surface area contributed by atoms with Gasteiger partial charge in [0.2, 0.25) is 0 Å². The lowest BCUT2D eigenvalue weighted by Gasteiger charge is -2.09. The van der Waals surface area contributed by atoms with Gasteiger partial charge in [-0.15, -0.1) is 16.9 Å². The standard InChI is InChI=1S/C16H14ClN5OS/c1-22-15(19-20-21-22)10-4-3-5-11(8-10)18-16(23)13-9-12(24-2)6-7-14(13)17/h3-9H,1-2H3,(H,18,23). The number of amides is 1. The second kappa shape index (κ2) is 7.02. The molecule has 1 aromatic heterocycles. The normalized spacial score (nSPS) is 10.6. The monoisotopic (exact) mass is 359 g/mol. The van der Waals surface area contributed by atoms with Gasteiger partial charge in [0.05, 0.1) is 10.6 Å². The van der Waals surface area contributed by atoms with Crippen molar-refractivity contribution in [1.29, 1.82) is 0 Å². The van der Waals surface area contributed by atoms with E-state index in [4.69, 9.17) is 11.6 Å². The molecular formula is C16H14ClN5OS. The molecule has 0 aliphatic rings. The molecule has 3 aromatic rings. The molecule has 1 heterocycles. The van der Waals surface area contributed by atoms with Gasteiger partial charge in [0, 0.05) is 23.2 Å². The molecule has 0 bridgehead atoms. The Morgan fingerprint density at radius 1 is 1.25 bits per heavy atom. The summed E-state index contributed by atoms with van der Waals surface area (Å²) in [6.07, 6.45) is 1.95. The zero-order valence-electron chi connectivity index (χ0n) is 13.0. The third-order valence-electron chi connectivity index (χ3n) is 3.42. The number of aromatic nitrogens is 4. The van der Waals surface area contributed by atoms with Gasteiger partial charge in [0.15, 0.2) is 5.82 Å². The zero-order chi connectivity index (χ0) is 17.1. The first kappa shape index (κ1) is 16.5. The van der Waals surface area contributed by atoms with Crippen molar-refractivity contribution in [1.82, 2.24) is 20.2 Å². The average molecular weight is 360 g/mol. The topological polar surface area (TPSA) is 72.7 Å². The number of rotatable bonds is 4. The molecule has 0 aliphatic heterocycles. The Kier molecular flexibility index (Phi) is 4.82. The van der Waals surface area contributed by atoms with E-state index in [1.54, 1.807) is 41.7 Å². The van der Waals surface area contributed by atoms with Crippen LogP contribution < -0.4 is 5.32 Å². The number of tetrazole rings is 1. The fraction of sp³-hybridized carbons (Fsp3) is 0.125. The predicted molar refractivity (Wildman–Crippen MR) is 95.4 cm³/mol. The zero-order valence-corrected chi connectivity index (χ0v) is 14.6. The van der Waals surface area contributed by atoms with Crippen LogP contribution in [0.1, 0.15) is 10.4 Å². The molecule has 3 rings (SSSR count). The van der Waals surface area contributed by atoms with Gasteiger partial charge < -0.3 is 5.32 Å². The molecule has 0 saturated carbocycles. The van der Waals surface area contributed by atoms with E-state index < -0.39 is 0 Å².